The third kappa shape index (κ3) is 2.35. The predicted octanol–water partition coefficient (Wildman–Crippen LogP) is 1.64. The Morgan fingerprint density at radius 2 is 2.53 bits per heavy atom. The molecule has 1 aliphatic rings. The van der Waals surface area contributed by atoms with Crippen LogP contribution in [0.5, 0.6) is 0 Å². The minimum absolute atomic E-state index is 0.0399. The van der Waals surface area contributed by atoms with Gasteiger partial charge >= 0.3 is 0 Å². The highest BCUT2D eigenvalue weighted by molar-refractivity contribution is 5.72. The van der Waals surface area contributed by atoms with Gasteiger partial charge in [0.25, 0.3) is 0 Å². The number of fused-ring (bicyclic) bond motifs is 1. The van der Waals surface area contributed by atoms with Gasteiger partial charge in [-0.15, -0.1) is 0 Å². The van der Waals surface area contributed by atoms with Gasteiger partial charge in [-0.25, -0.2) is 0 Å². The first-order chi connectivity index (χ1) is 7.27. The minimum Gasteiger partial charge on any atom is -0.356 e. The van der Waals surface area contributed by atoms with Crippen molar-refractivity contribution < 1.29 is 4.79 Å². The highest BCUT2D eigenvalue weighted by Crippen LogP contribution is 2.28. The Kier molecular flexibility index (Phi) is 2.99. The van der Waals surface area contributed by atoms with Crippen LogP contribution in [0.15, 0.2) is 18.3 Å². The lowest BCUT2D eigenvalue weighted by Crippen LogP contribution is -2.28. The number of hydrogen-bond acceptors (Lipinski definition) is 2. The van der Waals surface area contributed by atoms with Crippen LogP contribution in [-0.4, -0.2) is 17.4 Å². The second-order valence-electron chi connectivity index (χ2n) is 4.07. The fourth-order valence-corrected chi connectivity index (χ4v) is 2.17. The summed E-state index contributed by atoms with van der Waals surface area (Å²) in [5, 5.41) is 2.88. The summed E-state index contributed by atoms with van der Waals surface area (Å²) < 4.78 is 0. The number of aromatic nitrogens is 1. The Morgan fingerprint density at radius 3 is 3.33 bits per heavy atom. The predicted molar refractivity (Wildman–Crippen MR) is 58.6 cm³/mol. The molecule has 1 aromatic heterocycles. The molecule has 0 saturated heterocycles. The van der Waals surface area contributed by atoms with Crippen molar-refractivity contribution in [3.8, 4) is 0 Å². The Balaban J connectivity index is 2.11. The van der Waals surface area contributed by atoms with Crippen LogP contribution in [-0.2, 0) is 11.2 Å². The van der Waals surface area contributed by atoms with Gasteiger partial charge in [0, 0.05) is 31.3 Å². The van der Waals surface area contributed by atoms with Gasteiger partial charge in [-0.1, -0.05) is 6.07 Å². The zero-order chi connectivity index (χ0) is 10.7. The number of amides is 1. The smallest absolute Gasteiger partial charge is 0.216 e. The van der Waals surface area contributed by atoms with E-state index < -0.39 is 0 Å². The molecule has 3 heteroatoms. The first kappa shape index (κ1) is 10.1. The number of aryl methyl sites for hydroxylation is 1. The van der Waals surface area contributed by atoms with Crippen LogP contribution in [0, 0.1) is 0 Å². The van der Waals surface area contributed by atoms with Crippen LogP contribution in [0.1, 0.15) is 36.9 Å². The van der Waals surface area contributed by atoms with Gasteiger partial charge in [0.15, 0.2) is 0 Å². The van der Waals surface area contributed by atoms with Gasteiger partial charge in [0.2, 0.25) is 5.91 Å². The van der Waals surface area contributed by atoms with E-state index in [1.54, 1.807) is 6.92 Å². The summed E-state index contributed by atoms with van der Waals surface area (Å²) in [5.74, 6) is 0.442. The second-order valence-corrected chi connectivity index (χ2v) is 4.07. The van der Waals surface area contributed by atoms with Crippen LogP contribution in [0.4, 0.5) is 0 Å². The minimum atomic E-state index is 0.0399. The van der Waals surface area contributed by atoms with Crippen LogP contribution >= 0.6 is 0 Å². The van der Waals surface area contributed by atoms with E-state index in [2.05, 4.69) is 16.4 Å². The molecule has 80 valence electrons. The first-order valence-corrected chi connectivity index (χ1v) is 5.45. The SMILES string of the molecule is CC(=O)NCC1CCCc2cccnc21. The van der Waals surface area contributed by atoms with Gasteiger partial charge in [-0.05, 0) is 30.9 Å². The molecule has 0 spiro atoms. The summed E-state index contributed by atoms with van der Waals surface area (Å²) in [4.78, 5) is 15.3. The summed E-state index contributed by atoms with van der Waals surface area (Å²) in [7, 11) is 0. The maximum atomic E-state index is 10.9. The molecule has 1 N–H and O–H groups in total. The summed E-state index contributed by atoms with van der Waals surface area (Å²) >= 11 is 0. The third-order valence-corrected chi connectivity index (χ3v) is 2.91. The molecule has 2 rings (SSSR count). The molecule has 0 radical (unpaired) electrons. The molecule has 0 fully saturated rings. The number of hydrogen-bond donors (Lipinski definition) is 1. The average molecular weight is 204 g/mol. The summed E-state index contributed by atoms with van der Waals surface area (Å²) in [6.07, 6.45) is 5.29. The van der Waals surface area contributed by atoms with E-state index in [9.17, 15) is 4.79 Å². The van der Waals surface area contributed by atoms with Crippen molar-refractivity contribution in [3.05, 3.63) is 29.6 Å². The number of nitrogens with one attached hydrogen (secondary N) is 1. The lowest BCUT2D eigenvalue weighted by molar-refractivity contribution is -0.119. The van der Waals surface area contributed by atoms with Gasteiger partial charge in [0.05, 0.1) is 0 Å². The number of nitrogens with zero attached hydrogens (tertiary/aromatic N) is 1. The molecule has 1 amide bonds. The van der Waals surface area contributed by atoms with Gasteiger partial charge < -0.3 is 5.32 Å². The third-order valence-electron chi connectivity index (χ3n) is 2.91. The molecule has 1 heterocycles. The molecule has 1 unspecified atom stereocenters. The molecule has 0 saturated carbocycles. The van der Waals surface area contributed by atoms with Crippen molar-refractivity contribution in [1.29, 1.82) is 0 Å². The Hall–Kier alpha value is -1.38. The lowest BCUT2D eigenvalue weighted by atomic mass is 9.86. The molecular weight excluding hydrogens is 188 g/mol. The number of rotatable bonds is 2. The van der Waals surface area contributed by atoms with Crippen molar-refractivity contribution >= 4 is 5.91 Å². The van der Waals surface area contributed by atoms with E-state index in [0.29, 0.717) is 5.92 Å². The Labute approximate surface area is 89.9 Å². The van der Waals surface area contributed by atoms with E-state index in [1.165, 1.54) is 17.7 Å². The lowest BCUT2D eigenvalue weighted by Gasteiger charge is -2.24. The van der Waals surface area contributed by atoms with Crippen molar-refractivity contribution in [2.24, 2.45) is 0 Å². The molecule has 1 aromatic rings. The number of carbonyl (C=O) groups is 1. The monoisotopic (exact) mass is 204 g/mol. The molecule has 0 bridgehead atoms. The van der Waals surface area contributed by atoms with E-state index in [0.717, 1.165) is 19.4 Å². The molecule has 1 aliphatic carbocycles. The quantitative estimate of drug-likeness (QED) is 0.795. The van der Waals surface area contributed by atoms with Gasteiger partial charge in [0.1, 0.15) is 0 Å². The van der Waals surface area contributed by atoms with Crippen LogP contribution in [0.3, 0.4) is 0 Å². The van der Waals surface area contributed by atoms with Crippen molar-refractivity contribution in [2.45, 2.75) is 32.1 Å². The highest BCUT2D eigenvalue weighted by Gasteiger charge is 2.20. The zero-order valence-corrected chi connectivity index (χ0v) is 8.99. The summed E-state index contributed by atoms with van der Waals surface area (Å²) in [6, 6.07) is 4.13. The van der Waals surface area contributed by atoms with E-state index in [1.807, 2.05) is 12.3 Å². The highest BCUT2D eigenvalue weighted by atomic mass is 16.1. The molecule has 0 aromatic carbocycles. The van der Waals surface area contributed by atoms with Crippen molar-refractivity contribution in [1.82, 2.24) is 10.3 Å². The molecule has 1 atom stereocenters. The van der Waals surface area contributed by atoms with Crippen molar-refractivity contribution in [3.63, 3.8) is 0 Å². The van der Waals surface area contributed by atoms with E-state index in [-0.39, 0.29) is 5.91 Å². The van der Waals surface area contributed by atoms with E-state index in [4.69, 9.17) is 0 Å². The second kappa shape index (κ2) is 4.43. The maximum absolute atomic E-state index is 10.9. The van der Waals surface area contributed by atoms with Crippen LogP contribution in [0.2, 0.25) is 0 Å². The fraction of sp³-hybridized carbons (Fsp3) is 0.500. The van der Waals surface area contributed by atoms with Gasteiger partial charge in [-0.3, -0.25) is 9.78 Å². The zero-order valence-electron chi connectivity index (χ0n) is 8.99. The first-order valence-electron chi connectivity index (χ1n) is 5.45. The van der Waals surface area contributed by atoms with Gasteiger partial charge in [-0.2, -0.15) is 0 Å². The summed E-state index contributed by atoms with van der Waals surface area (Å²) in [5.41, 5.74) is 2.52. The van der Waals surface area contributed by atoms with Crippen LogP contribution in [0.25, 0.3) is 0 Å². The normalized spacial score (nSPS) is 19.4. The fourth-order valence-electron chi connectivity index (χ4n) is 2.17. The largest absolute Gasteiger partial charge is 0.356 e. The molecular formula is C12H16N2O. The molecule has 3 nitrogen and oxygen atoms in total. The standard InChI is InChI=1S/C12H16N2O/c1-9(15)14-8-11-5-2-4-10-6-3-7-13-12(10)11/h3,6-7,11H,2,4-5,8H2,1H3,(H,14,15). The molecule has 15 heavy (non-hydrogen) atoms. The van der Waals surface area contributed by atoms with E-state index >= 15 is 0 Å². The summed E-state index contributed by atoms with van der Waals surface area (Å²) in [6.45, 7) is 2.28. The topological polar surface area (TPSA) is 42.0 Å². The molecule has 0 aliphatic heterocycles. The Morgan fingerprint density at radius 1 is 1.67 bits per heavy atom. The number of carbonyl (C=O) groups excluding carboxylic acids is 1. The Bertz CT molecular complexity index is 362. The van der Waals surface area contributed by atoms with Crippen molar-refractivity contribution in [2.75, 3.05) is 6.54 Å². The maximum Gasteiger partial charge on any atom is 0.216 e. The number of pyridine rings is 1. The average Bonchev–Trinajstić information content (AvgIpc) is 2.26. The van der Waals surface area contributed by atoms with Crippen LogP contribution < -0.4 is 5.32 Å².